The molecule has 0 aliphatic heterocycles. The highest BCUT2D eigenvalue weighted by Gasteiger charge is 2.24. The van der Waals surface area contributed by atoms with E-state index in [1.165, 1.54) is 41.3 Å². The van der Waals surface area contributed by atoms with Crippen LogP contribution in [0, 0.1) is 19.7 Å². The number of carbonyl (C=O) groups excluding carboxylic acids is 2. The second kappa shape index (κ2) is 10.2. The Balaban J connectivity index is 1.68. The molecule has 0 fully saturated rings. The van der Waals surface area contributed by atoms with Gasteiger partial charge in [0.15, 0.2) is 16.1 Å². The van der Waals surface area contributed by atoms with Crippen molar-refractivity contribution >= 4 is 40.0 Å². The summed E-state index contributed by atoms with van der Waals surface area (Å²) in [5, 5.41) is 14.7. The van der Waals surface area contributed by atoms with Gasteiger partial charge in [0.05, 0.1) is 22.5 Å². The van der Waals surface area contributed by atoms with Crippen LogP contribution in [0.25, 0.3) is 0 Å². The molecule has 2 atom stereocenters. The molecule has 0 bridgehead atoms. The number of carbonyl (C=O) groups is 2. The highest BCUT2D eigenvalue weighted by molar-refractivity contribution is 8.00. The van der Waals surface area contributed by atoms with Gasteiger partial charge in [0.1, 0.15) is 5.82 Å². The summed E-state index contributed by atoms with van der Waals surface area (Å²) >= 11 is 2.71. The van der Waals surface area contributed by atoms with Gasteiger partial charge in [-0.1, -0.05) is 23.9 Å². The number of thiazole rings is 1. The second-order valence-electron chi connectivity index (χ2n) is 7.17. The first-order valence-electron chi connectivity index (χ1n) is 10.1. The van der Waals surface area contributed by atoms with Crippen molar-refractivity contribution in [3.05, 3.63) is 52.0 Å². The Hall–Kier alpha value is -2.79. The zero-order valence-corrected chi connectivity index (χ0v) is 20.1. The smallest absolute Gasteiger partial charge is 0.254 e. The summed E-state index contributed by atoms with van der Waals surface area (Å²) in [6.45, 7) is 9.87. The van der Waals surface area contributed by atoms with Gasteiger partial charge in [-0.05, 0) is 46.8 Å². The largest absolute Gasteiger partial charge is 0.342 e. The van der Waals surface area contributed by atoms with Crippen molar-refractivity contribution in [1.82, 2.24) is 25.1 Å². The SMILES string of the molecule is CCn1c(S[C@@H](C)C(=O)Nc2nc(C)c(C)s2)nnc1[C@@H](C)NC(=O)c1ccccc1F. The Labute approximate surface area is 194 Å². The van der Waals surface area contributed by atoms with Crippen LogP contribution < -0.4 is 10.6 Å². The topological polar surface area (TPSA) is 102 Å². The minimum absolute atomic E-state index is 0.0329. The number of amides is 2. The van der Waals surface area contributed by atoms with Crippen LogP contribution in [0.4, 0.5) is 9.52 Å². The minimum Gasteiger partial charge on any atom is -0.342 e. The van der Waals surface area contributed by atoms with Crippen molar-refractivity contribution in [2.24, 2.45) is 0 Å². The quantitative estimate of drug-likeness (QED) is 0.474. The van der Waals surface area contributed by atoms with Gasteiger partial charge < -0.3 is 15.2 Å². The number of benzene rings is 1. The Morgan fingerprint density at radius 3 is 2.56 bits per heavy atom. The lowest BCUT2D eigenvalue weighted by atomic mass is 10.2. The first-order chi connectivity index (χ1) is 15.2. The predicted molar refractivity (Wildman–Crippen MR) is 124 cm³/mol. The highest BCUT2D eigenvalue weighted by atomic mass is 32.2. The third-order valence-electron chi connectivity index (χ3n) is 4.83. The molecule has 0 saturated heterocycles. The fraction of sp³-hybridized carbons (Fsp3) is 0.381. The van der Waals surface area contributed by atoms with Crippen molar-refractivity contribution in [2.75, 3.05) is 5.32 Å². The average molecular weight is 477 g/mol. The lowest BCUT2D eigenvalue weighted by Gasteiger charge is -2.16. The summed E-state index contributed by atoms with van der Waals surface area (Å²) in [5.74, 6) is -0.775. The van der Waals surface area contributed by atoms with Gasteiger partial charge in [0.2, 0.25) is 5.91 Å². The molecule has 2 N–H and O–H groups in total. The number of halogens is 1. The maximum absolute atomic E-state index is 13.9. The zero-order valence-electron chi connectivity index (χ0n) is 18.5. The number of hydrogen-bond donors (Lipinski definition) is 2. The summed E-state index contributed by atoms with van der Waals surface area (Å²) in [6, 6.07) is 5.29. The van der Waals surface area contributed by atoms with E-state index in [1.54, 1.807) is 19.9 Å². The zero-order chi connectivity index (χ0) is 23.4. The molecule has 1 aromatic carbocycles. The third kappa shape index (κ3) is 5.33. The van der Waals surface area contributed by atoms with Crippen molar-refractivity contribution in [2.45, 2.75) is 57.6 Å². The molecule has 0 unspecified atom stereocenters. The summed E-state index contributed by atoms with van der Waals surface area (Å²) in [4.78, 5) is 30.4. The molecule has 0 radical (unpaired) electrons. The molecule has 0 aliphatic rings. The average Bonchev–Trinajstić information content (AvgIpc) is 3.30. The van der Waals surface area contributed by atoms with Crippen LogP contribution in [0.5, 0.6) is 0 Å². The monoisotopic (exact) mass is 476 g/mol. The van der Waals surface area contributed by atoms with E-state index >= 15 is 0 Å². The molecule has 2 aromatic heterocycles. The summed E-state index contributed by atoms with van der Waals surface area (Å²) in [6.07, 6.45) is 0. The van der Waals surface area contributed by atoms with Gasteiger partial charge in [0.25, 0.3) is 5.91 Å². The number of thioether (sulfide) groups is 1. The lowest BCUT2D eigenvalue weighted by molar-refractivity contribution is -0.115. The fourth-order valence-corrected chi connectivity index (χ4v) is 4.67. The Bertz CT molecular complexity index is 1110. The summed E-state index contributed by atoms with van der Waals surface area (Å²) < 4.78 is 15.7. The van der Waals surface area contributed by atoms with Crippen molar-refractivity contribution in [1.29, 1.82) is 0 Å². The molecular formula is C21H25FN6O2S2. The lowest BCUT2D eigenvalue weighted by Crippen LogP contribution is -2.29. The van der Waals surface area contributed by atoms with Gasteiger partial charge in [-0.2, -0.15) is 0 Å². The molecule has 2 heterocycles. The Morgan fingerprint density at radius 1 is 1.22 bits per heavy atom. The number of nitrogens with one attached hydrogen (secondary N) is 2. The van der Waals surface area contributed by atoms with Crippen LogP contribution in [-0.4, -0.2) is 36.8 Å². The third-order valence-corrected chi connectivity index (χ3v) is 6.89. The molecular weight excluding hydrogens is 451 g/mol. The van der Waals surface area contributed by atoms with E-state index < -0.39 is 23.0 Å². The van der Waals surface area contributed by atoms with E-state index in [1.807, 2.05) is 25.3 Å². The second-order valence-corrected chi connectivity index (χ2v) is 9.68. The highest BCUT2D eigenvalue weighted by Crippen LogP contribution is 2.27. The molecule has 2 amide bonds. The minimum atomic E-state index is -0.587. The molecule has 3 rings (SSSR count). The number of hydrogen-bond acceptors (Lipinski definition) is 7. The van der Waals surface area contributed by atoms with Crippen LogP contribution in [0.2, 0.25) is 0 Å². The van der Waals surface area contributed by atoms with E-state index in [2.05, 4.69) is 25.8 Å². The van der Waals surface area contributed by atoms with Crippen LogP contribution in [-0.2, 0) is 11.3 Å². The number of nitrogens with zero attached hydrogens (tertiary/aromatic N) is 4. The number of rotatable bonds is 8. The van der Waals surface area contributed by atoms with Gasteiger partial charge in [0, 0.05) is 11.4 Å². The summed E-state index contributed by atoms with van der Waals surface area (Å²) in [7, 11) is 0. The summed E-state index contributed by atoms with van der Waals surface area (Å²) in [5.41, 5.74) is 0.863. The van der Waals surface area contributed by atoms with E-state index in [0.29, 0.717) is 22.7 Å². The van der Waals surface area contributed by atoms with E-state index in [9.17, 15) is 14.0 Å². The first kappa shape index (κ1) is 23.9. The normalized spacial score (nSPS) is 12.9. The standard InChI is InChI=1S/C21H25FN6O2S2/c1-6-28-17(12(3)23-19(30)15-9-7-8-10-16(15)22)26-27-21(28)32-14(5)18(29)25-20-24-11(2)13(4)31-20/h7-10,12,14H,6H2,1-5H3,(H,23,30)(H,24,25,29)/t12-,14+/m1/s1. The van der Waals surface area contributed by atoms with Crippen molar-refractivity contribution in [3.8, 4) is 0 Å². The molecule has 0 spiro atoms. The molecule has 0 saturated carbocycles. The van der Waals surface area contributed by atoms with Crippen molar-refractivity contribution in [3.63, 3.8) is 0 Å². The molecule has 8 nitrogen and oxygen atoms in total. The van der Waals surface area contributed by atoms with Crippen LogP contribution in [0.3, 0.4) is 0 Å². The molecule has 170 valence electrons. The number of anilines is 1. The van der Waals surface area contributed by atoms with E-state index in [-0.39, 0.29) is 11.5 Å². The van der Waals surface area contributed by atoms with Crippen LogP contribution in [0.1, 0.15) is 53.6 Å². The predicted octanol–water partition coefficient (Wildman–Crippen LogP) is 4.12. The van der Waals surface area contributed by atoms with E-state index in [0.717, 1.165) is 10.6 Å². The number of aromatic nitrogens is 4. The first-order valence-corrected chi connectivity index (χ1v) is 11.8. The fourth-order valence-electron chi connectivity index (χ4n) is 2.93. The van der Waals surface area contributed by atoms with Crippen LogP contribution >= 0.6 is 23.1 Å². The van der Waals surface area contributed by atoms with E-state index in [4.69, 9.17) is 0 Å². The van der Waals surface area contributed by atoms with Crippen LogP contribution in [0.15, 0.2) is 29.4 Å². The molecule has 0 aliphatic carbocycles. The van der Waals surface area contributed by atoms with Crippen molar-refractivity contribution < 1.29 is 14.0 Å². The maximum Gasteiger partial charge on any atom is 0.254 e. The molecule has 3 aromatic rings. The van der Waals surface area contributed by atoms with Gasteiger partial charge >= 0.3 is 0 Å². The van der Waals surface area contributed by atoms with Gasteiger partial charge in [-0.3, -0.25) is 9.59 Å². The molecule has 32 heavy (non-hydrogen) atoms. The maximum atomic E-state index is 13.9. The Kier molecular flexibility index (Phi) is 7.62. The number of aryl methyl sites for hydroxylation is 2. The Morgan fingerprint density at radius 2 is 1.94 bits per heavy atom. The van der Waals surface area contributed by atoms with Gasteiger partial charge in [-0.15, -0.1) is 21.5 Å². The van der Waals surface area contributed by atoms with Gasteiger partial charge in [-0.25, -0.2) is 9.37 Å². The molecule has 11 heteroatoms.